The molecule has 1 rings (SSSR count). The summed E-state index contributed by atoms with van der Waals surface area (Å²) in [6, 6.07) is 4.58. The molecular formula is C10H11F2NO2. The standard InChI is InChI=1S/C10H11F2NO2/c1-6-3-4-8(13-7(2)14)5-9(6)15-10(11)12/h3-5,10H,1-2H3,(H,13,14). The monoisotopic (exact) mass is 215 g/mol. The summed E-state index contributed by atoms with van der Waals surface area (Å²) in [6.07, 6.45) is 0. The first-order chi connectivity index (χ1) is 6.99. The molecule has 3 nitrogen and oxygen atoms in total. The van der Waals surface area contributed by atoms with Crippen LogP contribution in [-0.2, 0) is 4.79 Å². The summed E-state index contributed by atoms with van der Waals surface area (Å²) in [5, 5.41) is 2.48. The fraction of sp³-hybridized carbons (Fsp3) is 0.300. The average molecular weight is 215 g/mol. The molecule has 0 spiro atoms. The largest absolute Gasteiger partial charge is 0.434 e. The molecule has 0 aliphatic heterocycles. The molecule has 0 unspecified atom stereocenters. The summed E-state index contributed by atoms with van der Waals surface area (Å²) in [4.78, 5) is 10.7. The molecule has 0 saturated heterocycles. The Hall–Kier alpha value is -1.65. The van der Waals surface area contributed by atoms with Crippen molar-refractivity contribution in [3.63, 3.8) is 0 Å². The first-order valence-corrected chi connectivity index (χ1v) is 4.32. The van der Waals surface area contributed by atoms with Crippen molar-refractivity contribution in [2.45, 2.75) is 20.5 Å². The molecule has 1 aromatic rings. The maximum Gasteiger partial charge on any atom is 0.387 e. The SMILES string of the molecule is CC(=O)Nc1ccc(C)c(OC(F)F)c1. The first kappa shape index (κ1) is 11.4. The third-order valence-corrected chi connectivity index (χ3v) is 1.72. The minimum absolute atomic E-state index is 0.0660. The fourth-order valence-corrected chi connectivity index (χ4v) is 1.10. The van der Waals surface area contributed by atoms with Crippen LogP contribution in [0.2, 0.25) is 0 Å². The van der Waals surface area contributed by atoms with E-state index in [4.69, 9.17) is 0 Å². The van der Waals surface area contributed by atoms with E-state index in [1.165, 1.54) is 13.0 Å². The summed E-state index contributed by atoms with van der Waals surface area (Å²) in [7, 11) is 0. The van der Waals surface area contributed by atoms with Gasteiger partial charge in [0, 0.05) is 18.7 Å². The van der Waals surface area contributed by atoms with Gasteiger partial charge in [-0.25, -0.2) is 0 Å². The van der Waals surface area contributed by atoms with Gasteiger partial charge in [-0.3, -0.25) is 4.79 Å². The Bertz CT molecular complexity index is 366. The Morgan fingerprint density at radius 2 is 2.13 bits per heavy atom. The predicted molar refractivity (Wildman–Crippen MR) is 52.1 cm³/mol. The topological polar surface area (TPSA) is 38.3 Å². The van der Waals surface area contributed by atoms with E-state index >= 15 is 0 Å². The van der Waals surface area contributed by atoms with Crippen molar-refractivity contribution in [3.8, 4) is 5.75 Å². The van der Waals surface area contributed by atoms with E-state index in [-0.39, 0.29) is 11.7 Å². The smallest absolute Gasteiger partial charge is 0.387 e. The minimum Gasteiger partial charge on any atom is -0.434 e. The summed E-state index contributed by atoms with van der Waals surface area (Å²) in [6.45, 7) is 0.124. The number of nitrogens with one attached hydrogen (secondary N) is 1. The van der Waals surface area contributed by atoms with Gasteiger partial charge >= 0.3 is 6.61 Å². The van der Waals surface area contributed by atoms with Crippen molar-refractivity contribution < 1.29 is 18.3 Å². The van der Waals surface area contributed by atoms with E-state index in [1.807, 2.05) is 0 Å². The van der Waals surface area contributed by atoms with Gasteiger partial charge in [0.05, 0.1) is 0 Å². The van der Waals surface area contributed by atoms with Gasteiger partial charge in [-0.2, -0.15) is 8.78 Å². The molecule has 0 aliphatic carbocycles. The average Bonchev–Trinajstić information content (AvgIpc) is 2.09. The summed E-state index contributed by atoms with van der Waals surface area (Å²) >= 11 is 0. The van der Waals surface area contributed by atoms with Crippen LogP contribution in [0.15, 0.2) is 18.2 Å². The van der Waals surface area contributed by atoms with Crippen LogP contribution >= 0.6 is 0 Å². The Labute approximate surface area is 86.0 Å². The molecule has 5 heteroatoms. The second-order valence-corrected chi connectivity index (χ2v) is 3.04. The van der Waals surface area contributed by atoms with Gasteiger partial charge in [0.25, 0.3) is 0 Å². The minimum atomic E-state index is -2.86. The van der Waals surface area contributed by atoms with Crippen LogP contribution in [0.4, 0.5) is 14.5 Å². The number of anilines is 1. The fourth-order valence-electron chi connectivity index (χ4n) is 1.10. The Kier molecular flexibility index (Phi) is 3.60. The molecule has 82 valence electrons. The molecule has 1 amide bonds. The molecule has 0 aliphatic rings. The molecule has 1 aromatic carbocycles. The maximum absolute atomic E-state index is 12.0. The van der Waals surface area contributed by atoms with Gasteiger partial charge in [0.15, 0.2) is 0 Å². The highest BCUT2D eigenvalue weighted by atomic mass is 19.3. The van der Waals surface area contributed by atoms with Crippen LogP contribution < -0.4 is 10.1 Å². The Balaban J connectivity index is 2.89. The summed E-state index contributed by atoms with van der Waals surface area (Å²) < 4.78 is 28.3. The number of carbonyl (C=O) groups excluding carboxylic acids is 1. The molecule has 0 aromatic heterocycles. The van der Waals surface area contributed by atoms with Crippen LogP contribution in [0.3, 0.4) is 0 Å². The number of amides is 1. The molecule has 0 bridgehead atoms. The van der Waals surface area contributed by atoms with Crippen LogP contribution in [0.5, 0.6) is 5.75 Å². The van der Waals surface area contributed by atoms with Gasteiger partial charge in [0.1, 0.15) is 5.75 Å². The summed E-state index contributed by atoms with van der Waals surface area (Å²) in [5.41, 5.74) is 1.02. The van der Waals surface area contributed by atoms with Crippen molar-refractivity contribution in [1.82, 2.24) is 0 Å². The lowest BCUT2D eigenvalue weighted by Gasteiger charge is -2.09. The van der Waals surface area contributed by atoms with Gasteiger partial charge in [-0.05, 0) is 18.6 Å². The highest BCUT2D eigenvalue weighted by Gasteiger charge is 2.08. The van der Waals surface area contributed by atoms with Crippen molar-refractivity contribution >= 4 is 11.6 Å². The number of halogens is 2. The lowest BCUT2D eigenvalue weighted by atomic mass is 10.2. The zero-order chi connectivity index (χ0) is 11.4. The maximum atomic E-state index is 12.0. The number of alkyl halides is 2. The van der Waals surface area contributed by atoms with E-state index in [0.29, 0.717) is 11.3 Å². The predicted octanol–water partition coefficient (Wildman–Crippen LogP) is 2.55. The van der Waals surface area contributed by atoms with Crippen LogP contribution in [0.25, 0.3) is 0 Å². The lowest BCUT2D eigenvalue weighted by Crippen LogP contribution is -2.07. The van der Waals surface area contributed by atoms with E-state index in [9.17, 15) is 13.6 Å². The third kappa shape index (κ3) is 3.53. The van der Waals surface area contributed by atoms with Gasteiger partial charge < -0.3 is 10.1 Å². The molecule has 0 radical (unpaired) electrons. The highest BCUT2D eigenvalue weighted by molar-refractivity contribution is 5.88. The zero-order valence-electron chi connectivity index (χ0n) is 8.38. The first-order valence-electron chi connectivity index (χ1n) is 4.32. The number of ether oxygens (including phenoxy) is 1. The number of hydrogen-bond donors (Lipinski definition) is 1. The molecule has 1 N–H and O–H groups in total. The number of hydrogen-bond acceptors (Lipinski definition) is 2. The lowest BCUT2D eigenvalue weighted by molar-refractivity contribution is -0.114. The number of carbonyl (C=O) groups is 1. The Morgan fingerprint density at radius 1 is 1.47 bits per heavy atom. The van der Waals surface area contributed by atoms with Crippen molar-refractivity contribution in [2.24, 2.45) is 0 Å². The molecule has 0 atom stereocenters. The van der Waals surface area contributed by atoms with Gasteiger partial charge in [-0.1, -0.05) is 6.07 Å². The van der Waals surface area contributed by atoms with Crippen molar-refractivity contribution in [2.75, 3.05) is 5.32 Å². The van der Waals surface area contributed by atoms with Crippen molar-refractivity contribution in [3.05, 3.63) is 23.8 Å². The molecule has 0 fully saturated rings. The molecule has 0 heterocycles. The van der Waals surface area contributed by atoms with Gasteiger partial charge in [-0.15, -0.1) is 0 Å². The quantitative estimate of drug-likeness (QED) is 0.841. The van der Waals surface area contributed by atoms with E-state index in [1.54, 1.807) is 19.1 Å². The van der Waals surface area contributed by atoms with E-state index in [0.717, 1.165) is 0 Å². The number of rotatable bonds is 3. The zero-order valence-corrected chi connectivity index (χ0v) is 8.38. The normalized spacial score (nSPS) is 10.2. The molecular weight excluding hydrogens is 204 g/mol. The van der Waals surface area contributed by atoms with Crippen molar-refractivity contribution in [1.29, 1.82) is 0 Å². The summed E-state index contributed by atoms with van der Waals surface area (Å²) in [5.74, 6) is -0.196. The molecule has 15 heavy (non-hydrogen) atoms. The van der Waals surface area contributed by atoms with Crippen LogP contribution in [0, 0.1) is 6.92 Å². The third-order valence-electron chi connectivity index (χ3n) is 1.72. The number of aryl methyl sites for hydroxylation is 1. The second-order valence-electron chi connectivity index (χ2n) is 3.04. The van der Waals surface area contributed by atoms with Gasteiger partial charge in [0.2, 0.25) is 5.91 Å². The van der Waals surface area contributed by atoms with E-state index in [2.05, 4.69) is 10.1 Å². The van der Waals surface area contributed by atoms with E-state index < -0.39 is 6.61 Å². The van der Waals surface area contributed by atoms with Crippen LogP contribution in [-0.4, -0.2) is 12.5 Å². The van der Waals surface area contributed by atoms with Crippen LogP contribution in [0.1, 0.15) is 12.5 Å². The second kappa shape index (κ2) is 4.72. The highest BCUT2D eigenvalue weighted by Crippen LogP contribution is 2.24. The number of benzene rings is 1. The Morgan fingerprint density at radius 3 is 2.67 bits per heavy atom. The molecule has 0 saturated carbocycles.